The fourth-order valence-corrected chi connectivity index (χ4v) is 3.44. The van der Waals surface area contributed by atoms with E-state index in [0.29, 0.717) is 5.92 Å². The molecule has 17 heavy (non-hydrogen) atoms. The number of aromatic hydroxyl groups is 1. The number of phenolic OH excluding ortho intramolecular Hbond substituents is 1. The Morgan fingerprint density at radius 2 is 2.18 bits per heavy atom. The van der Waals surface area contributed by atoms with Gasteiger partial charge in [0.25, 0.3) is 0 Å². The molecule has 92 valence electrons. The molecule has 0 saturated heterocycles. The molecule has 0 bridgehead atoms. The smallest absolute Gasteiger partial charge is 0.508 e. The summed E-state index contributed by atoms with van der Waals surface area (Å²) in [7, 11) is -0.149. The molecule has 3 nitrogen and oxygen atoms in total. The van der Waals surface area contributed by atoms with Crippen molar-refractivity contribution >= 4 is 8.03 Å². The Kier molecular flexibility index (Phi) is 3.80. The number of benzene rings is 1. The van der Waals surface area contributed by atoms with Gasteiger partial charge in [0.15, 0.2) is 5.66 Å². The van der Waals surface area contributed by atoms with Gasteiger partial charge in [0, 0.05) is 5.92 Å². The normalized spacial score (nSPS) is 19.8. The lowest BCUT2D eigenvalue weighted by Gasteiger charge is -2.16. The molecular weight excluding hydrogens is 235 g/mol. The molecule has 0 heterocycles. The molecule has 4 heteroatoms. The van der Waals surface area contributed by atoms with Crippen molar-refractivity contribution in [3.05, 3.63) is 29.8 Å². The maximum atomic E-state index is 11.8. The summed E-state index contributed by atoms with van der Waals surface area (Å²) in [5, 5.41) is 9.54. The second-order valence-corrected chi connectivity index (χ2v) is 6.42. The van der Waals surface area contributed by atoms with Crippen LogP contribution in [0.1, 0.15) is 31.2 Å². The molecule has 1 aromatic rings. The minimum Gasteiger partial charge on any atom is -0.508 e. The van der Waals surface area contributed by atoms with Crippen molar-refractivity contribution in [2.75, 3.05) is 7.11 Å². The van der Waals surface area contributed by atoms with E-state index in [1.165, 1.54) is 20.0 Å². The molecule has 1 aliphatic carbocycles. The summed E-state index contributed by atoms with van der Waals surface area (Å²) in [6.07, 6.45) is 2.36. The topological polar surface area (TPSA) is 46.5 Å². The van der Waals surface area contributed by atoms with E-state index in [9.17, 15) is 9.67 Å². The van der Waals surface area contributed by atoms with Gasteiger partial charge in [-0.1, -0.05) is 12.1 Å². The zero-order valence-electron chi connectivity index (χ0n) is 10.2. The van der Waals surface area contributed by atoms with E-state index in [1.54, 1.807) is 12.1 Å². The fraction of sp³-hybridized carbons (Fsp3) is 0.538. The number of hydrogen-bond acceptors (Lipinski definition) is 3. The summed E-state index contributed by atoms with van der Waals surface area (Å²) in [5.74, 6) is 1.08. The van der Waals surface area contributed by atoms with Crippen LogP contribution >= 0.6 is 8.03 Å². The van der Waals surface area contributed by atoms with Gasteiger partial charge in [-0.3, -0.25) is 0 Å². The number of phenols is 1. The predicted molar refractivity (Wildman–Crippen MR) is 67.6 cm³/mol. The highest BCUT2D eigenvalue weighted by Crippen LogP contribution is 2.51. The van der Waals surface area contributed by atoms with E-state index in [-0.39, 0.29) is 17.3 Å². The Hall–Kier alpha value is -0.920. The van der Waals surface area contributed by atoms with Gasteiger partial charge in [-0.25, -0.2) is 0 Å². The van der Waals surface area contributed by atoms with Crippen LogP contribution in [0.15, 0.2) is 24.3 Å². The molecule has 1 N–H and O–H groups in total. The lowest BCUT2D eigenvalue weighted by Crippen LogP contribution is -2.14. The first kappa shape index (κ1) is 12.5. The van der Waals surface area contributed by atoms with Gasteiger partial charge in [0.05, 0.1) is 7.11 Å². The van der Waals surface area contributed by atoms with E-state index in [1.807, 2.05) is 19.1 Å². The summed E-state index contributed by atoms with van der Waals surface area (Å²) < 4.78 is 16.8. The Morgan fingerprint density at radius 3 is 2.71 bits per heavy atom. The third kappa shape index (κ3) is 2.85. The second-order valence-electron chi connectivity index (χ2n) is 4.67. The molecule has 0 spiro atoms. The zero-order chi connectivity index (χ0) is 12.4. The zero-order valence-corrected chi connectivity index (χ0v) is 11.1. The minimum atomic E-state index is -1.64. The highest BCUT2D eigenvalue weighted by atomic mass is 31.1. The molecule has 0 amide bonds. The van der Waals surface area contributed by atoms with Crippen LogP contribution in [0.4, 0.5) is 0 Å². The highest BCUT2D eigenvalue weighted by molar-refractivity contribution is 7.40. The molecule has 0 radical (unpaired) electrons. The summed E-state index contributed by atoms with van der Waals surface area (Å²) in [6, 6.07) is 7.28. The summed E-state index contributed by atoms with van der Waals surface area (Å²) in [4.78, 5) is 0. The summed E-state index contributed by atoms with van der Waals surface area (Å²) in [5.41, 5.74) is 1.06. The fourth-order valence-electron chi connectivity index (χ4n) is 2.43. The number of rotatable bonds is 5. The molecule has 1 fully saturated rings. The first-order valence-electron chi connectivity index (χ1n) is 5.93. The predicted octanol–water partition coefficient (Wildman–Crippen LogP) is 3.66. The molecule has 2 rings (SSSR count). The van der Waals surface area contributed by atoms with Crippen LogP contribution in [0.2, 0.25) is 0 Å². The Morgan fingerprint density at radius 1 is 1.47 bits per heavy atom. The van der Waals surface area contributed by atoms with Crippen LogP contribution in [0, 0.1) is 5.92 Å². The highest BCUT2D eigenvalue weighted by Gasteiger charge is 2.44. The van der Waals surface area contributed by atoms with Crippen molar-refractivity contribution in [1.82, 2.24) is 0 Å². The molecule has 1 saturated carbocycles. The Balaban J connectivity index is 2.26. The first-order chi connectivity index (χ1) is 8.13. The SMILES string of the molecule is CO[P+](=O)C(C)C(c1cccc(O)c1)C1CC1. The van der Waals surface area contributed by atoms with Crippen LogP contribution in [-0.4, -0.2) is 17.9 Å². The second kappa shape index (κ2) is 5.16. The first-order valence-corrected chi connectivity index (χ1v) is 7.17. The molecule has 0 aromatic heterocycles. The molecule has 3 unspecified atom stereocenters. The van der Waals surface area contributed by atoms with Crippen LogP contribution in [-0.2, 0) is 9.09 Å². The van der Waals surface area contributed by atoms with E-state index < -0.39 is 8.03 Å². The average Bonchev–Trinajstić information content (AvgIpc) is 3.12. The van der Waals surface area contributed by atoms with Crippen molar-refractivity contribution in [3.63, 3.8) is 0 Å². The van der Waals surface area contributed by atoms with Crippen LogP contribution in [0.3, 0.4) is 0 Å². The molecular formula is C13H18O3P+. The summed E-state index contributed by atoms with van der Waals surface area (Å²) >= 11 is 0. The monoisotopic (exact) mass is 253 g/mol. The van der Waals surface area contributed by atoms with Crippen LogP contribution in [0.5, 0.6) is 5.75 Å². The standard InChI is InChI=1S/C13H17O3P/c1-9(17(15)16-2)13(10-6-7-10)11-4-3-5-12(14)8-11/h3-5,8-10,13H,6-7H2,1-2H3/p+1. The Labute approximate surface area is 103 Å². The van der Waals surface area contributed by atoms with Gasteiger partial charge in [-0.2, -0.15) is 0 Å². The average molecular weight is 253 g/mol. The van der Waals surface area contributed by atoms with Gasteiger partial charge in [-0.05, 0) is 47.9 Å². The Bertz CT molecular complexity index is 415. The van der Waals surface area contributed by atoms with Gasteiger partial charge >= 0.3 is 8.03 Å². The van der Waals surface area contributed by atoms with Crippen molar-refractivity contribution in [3.8, 4) is 5.75 Å². The van der Waals surface area contributed by atoms with E-state index in [4.69, 9.17) is 4.52 Å². The van der Waals surface area contributed by atoms with Crippen molar-refractivity contribution < 1.29 is 14.2 Å². The van der Waals surface area contributed by atoms with E-state index in [2.05, 4.69) is 0 Å². The maximum Gasteiger partial charge on any atom is 0.511 e. The minimum absolute atomic E-state index is 0.00991. The van der Waals surface area contributed by atoms with E-state index >= 15 is 0 Å². The van der Waals surface area contributed by atoms with Crippen LogP contribution in [0.25, 0.3) is 0 Å². The molecule has 1 aliphatic rings. The molecule has 0 aliphatic heterocycles. The largest absolute Gasteiger partial charge is 0.511 e. The third-order valence-electron chi connectivity index (χ3n) is 3.42. The lowest BCUT2D eigenvalue weighted by molar-refractivity contribution is 0.395. The van der Waals surface area contributed by atoms with Crippen molar-refractivity contribution in [1.29, 1.82) is 0 Å². The van der Waals surface area contributed by atoms with Gasteiger partial charge < -0.3 is 5.11 Å². The van der Waals surface area contributed by atoms with Gasteiger partial charge in [0.1, 0.15) is 5.75 Å². The summed E-state index contributed by atoms with van der Waals surface area (Å²) in [6.45, 7) is 1.97. The van der Waals surface area contributed by atoms with E-state index in [0.717, 1.165) is 5.56 Å². The lowest BCUT2D eigenvalue weighted by atomic mass is 9.91. The maximum absolute atomic E-state index is 11.8. The number of hydrogen-bond donors (Lipinski definition) is 1. The molecule has 1 aromatic carbocycles. The van der Waals surface area contributed by atoms with Gasteiger partial charge in [0.2, 0.25) is 0 Å². The molecule has 3 atom stereocenters. The van der Waals surface area contributed by atoms with Crippen LogP contribution < -0.4 is 0 Å². The van der Waals surface area contributed by atoms with Gasteiger partial charge in [-0.15, -0.1) is 4.52 Å². The van der Waals surface area contributed by atoms with Crippen molar-refractivity contribution in [2.24, 2.45) is 5.92 Å². The third-order valence-corrected chi connectivity index (χ3v) is 4.76. The van der Waals surface area contributed by atoms with Crippen molar-refractivity contribution in [2.45, 2.75) is 31.3 Å². The quantitative estimate of drug-likeness (QED) is 0.814.